The van der Waals surface area contributed by atoms with E-state index in [1.165, 1.54) is 45.3 Å². The minimum absolute atomic E-state index is 0.264. The third-order valence-electron chi connectivity index (χ3n) is 5.74. The van der Waals surface area contributed by atoms with Gasteiger partial charge < -0.3 is 10.6 Å². The first kappa shape index (κ1) is 13.8. The van der Waals surface area contributed by atoms with E-state index < -0.39 is 0 Å². The standard InChI is InChI=1S/C15H27N3S/c1-11(15(16)19)18-6-4-17(5-7-18)10-14-9-12-2-3-13(14)8-12/h11-14H,2-10H2,1H3,(H2,16,19). The van der Waals surface area contributed by atoms with Crippen molar-refractivity contribution in [2.45, 2.75) is 38.6 Å². The van der Waals surface area contributed by atoms with Crippen LogP contribution in [0, 0.1) is 17.8 Å². The van der Waals surface area contributed by atoms with Crippen LogP contribution < -0.4 is 5.73 Å². The average Bonchev–Trinajstić information content (AvgIpc) is 3.01. The first-order valence-corrected chi connectivity index (χ1v) is 8.30. The molecule has 3 rings (SSSR count). The molecule has 3 nitrogen and oxygen atoms in total. The zero-order chi connectivity index (χ0) is 13.4. The van der Waals surface area contributed by atoms with Crippen molar-refractivity contribution in [3.8, 4) is 0 Å². The Kier molecular flexibility index (Phi) is 4.11. The van der Waals surface area contributed by atoms with Gasteiger partial charge >= 0.3 is 0 Å². The summed E-state index contributed by atoms with van der Waals surface area (Å²) in [6.07, 6.45) is 6.06. The van der Waals surface area contributed by atoms with E-state index in [4.69, 9.17) is 18.0 Å². The first-order chi connectivity index (χ1) is 9.13. The number of piperazine rings is 1. The smallest absolute Gasteiger partial charge is 0.0899 e. The van der Waals surface area contributed by atoms with Gasteiger partial charge in [-0.15, -0.1) is 0 Å². The predicted octanol–water partition coefficient (Wildman–Crippen LogP) is 1.71. The molecule has 2 saturated carbocycles. The van der Waals surface area contributed by atoms with E-state index in [1.807, 2.05) is 0 Å². The van der Waals surface area contributed by atoms with Crippen molar-refractivity contribution in [2.75, 3.05) is 32.7 Å². The fourth-order valence-corrected chi connectivity index (χ4v) is 4.59. The second-order valence-corrected chi connectivity index (χ2v) is 7.32. The predicted molar refractivity (Wildman–Crippen MR) is 83.2 cm³/mol. The molecule has 0 spiro atoms. The number of thiocarbonyl (C=S) groups is 1. The van der Waals surface area contributed by atoms with Crippen molar-refractivity contribution in [2.24, 2.45) is 23.5 Å². The van der Waals surface area contributed by atoms with Crippen LogP contribution in [0.1, 0.15) is 32.6 Å². The second kappa shape index (κ2) is 5.66. The largest absolute Gasteiger partial charge is 0.392 e. The molecule has 3 aliphatic rings. The number of fused-ring (bicyclic) bond motifs is 2. The summed E-state index contributed by atoms with van der Waals surface area (Å²) in [5, 5.41) is 0. The van der Waals surface area contributed by atoms with Gasteiger partial charge in [0.25, 0.3) is 0 Å². The van der Waals surface area contributed by atoms with E-state index >= 15 is 0 Å². The summed E-state index contributed by atoms with van der Waals surface area (Å²) in [5.74, 6) is 3.13. The van der Waals surface area contributed by atoms with Gasteiger partial charge in [0.1, 0.15) is 0 Å². The average molecular weight is 281 g/mol. The summed E-state index contributed by atoms with van der Waals surface area (Å²) in [4.78, 5) is 5.75. The van der Waals surface area contributed by atoms with Crippen molar-refractivity contribution in [1.29, 1.82) is 0 Å². The highest BCUT2D eigenvalue weighted by atomic mass is 32.1. The van der Waals surface area contributed by atoms with Crippen LogP contribution >= 0.6 is 12.2 Å². The molecule has 4 heteroatoms. The molecule has 3 fully saturated rings. The highest BCUT2D eigenvalue weighted by Crippen LogP contribution is 2.48. The van der Waals surface area contributed by atoms with Gasteiger partial charge in [-0.1, -0.05) is 18.6 Å². The van der Waals surface area contributed by atoms with Crippen LogP contribution in [0.25, 0.3) is 0 Å². The van der Waals surface area contributed by atoms with Gasteiger partial charge in [-0.05, 0) is 43.9 Å². The summed E-state index contributed by atoms with van der Waals surface area (Å²) in [5.41, 5.74) is 5.75. The number of nitrogens with zero attached hydrogens (tertiary/aromatic N) is 2. The molecule has 2 bridgehead atoms. The normalized spacial score (nSPS) is 37.6. The van der Waals surface area contributed by atoms with Crippen molar-refractivity contribution >= 4 is 17.2 Å². The molecule has 2 aliphatic carbocycles. The van der Waals surface area contributed by atoms with E-state index in [0.717, 1.165) is 30.8 Å². The second-order valence-electron chi connectivity index (χ2n) is 6.85. The Balaban J connectivity index is 1.44. The molecule has 1 aliphatic heterocycles. The Morgan fingerprint density at radius 1 is 1.21 bits per heavy atom. The van der Waals surface area contributed by atoms with Gasteiger partial charge in [-0.2, -0.15) is 0 Å². The monoisotopic (exact) mass is 281 g/mol. The number of nitrogens with two attached hydrogens (primary N) is 1. The molecule has 0 aromatic rings. The molecular weight excluding hydrogens is 254 g/mol. The molecule has 0 radical (unpaired) electrons. The minimum atomic E-state index is 0.264. The number of hydrogen-bond donors (Lipinski definition) is 1. The summed E-state index contributed by atoms with van der Waals surface area (Å²) in [6.45, 7) is 8.12. The fourth-order valence-electron chi connectivity index (χ4n) is 4.44. The SMILES string of the molecule is CC(C(N)=S)N1CCN(CC2CC3CCC2C3)CC1. The Bertz CT molecular complexity index is 338. The third-order valence-corrected chi connectivity index (χ3v) is 6.08. The molecule has 108 valence electrons. The lowest BCUT2D eigenvalue weighted by Crippen LogP contribution is -2.53. The van der Waals surface area contributed by atoms with Crippen molar-refractivity contribution in [1.82, 2.24) is 9.80 Å². The highest BCUT2D eigenvalue weighted by Gasteiger charge is 2.40. The molecule has 4 unspecified atom stereocenters. The molecule has 0 amide bonds. The Morgan fingerprint density at radius 3 is 2.47 bits per heavy atom. The van der Waals surface area contributed by atoms with Crippen LogP contribution in [-0.4, -0.2) is 53.6 Å². The maximum atomic E-state index is 5.75. The topological polar surface area (TPSA) is 32.5 Å². The maximum absolute atomic E-state index is 5.75. The lowest BCUT2D eigenvalue weighted by molar-refractivity contribution is 0.0985. The van der Waals surface area contributed by atoms with E-state index in [2.05, 4.69) is 16.7 Å². The first-order valence-electron chi connectivity index (χ1n) is 7.89. The van der Waals surface area contributed by atoms with E-state index in [0.29, 0.717) is 4.99 Å². The molecule has 1 saturated heterocycles. The van der Waals surface area contributed by atoms with Crippen LogP contribution in [-0.2, 0) is 0 Å². The Hall–Kier alpha value is -0.190. The Labute approximate surface area is 122 Å². The van der Waals surface area contributed by atoms with Crippen LogP contribution in [0.4, 0.5) is 0 Å². The van der Waals surface area contributed by atoms with Gasteiger partial charge in [0.15, 0.2) is 0 Å². The maximum Gasteiger partial charge on any atom is 0.0899 e. The fraction of sp³-hybridized carbons (Fsp3) is 0.933. The molecular formula is C15H27N3S. The summed E-state index contributed by atoms with van der Waals surface area (Å²) in [6, 6.07) is 0.264. The van der Waals surface area contributed by atoms with E-state index in [-0.39, 0.29) is 6.04 Å². The van der Waals surface area contributed by atoms with Gasteiger partial charge in [0, 0.05) is 32.7 Å². The van der Waals surface area contributed by atoms with Crippen LogP contribution in [0.3, 0.4) is 0 Å². The summed E-state index contributed by atoms with van der Waals surface area (Å²) >= 11 is 5.10. The number of rotatable bonds is 4. The number of hydrogen-bond acceptors (Lipinski definition) is 3. The van der Waals surface area contributed by atoms with Crippen LogP contribution in [0.5, 0.6) is 0 Å². The van der Waals surface area contributed by atoms with E-state index in [1.54, 1.807) is 0 Å². The molecule has 0 aromatic heterocycles. The van der Waals surface area contributed by atoms with Gasteiger partial charge in [-0.3, -0.25) is 4.90 Å². The van der Waals surface area contributed by atoms with Gasteiger partial charge in [0.2, 0.25) is 0 Å². The molecule has 0 aromatic carbocycles. The van der Waals surface area contributed by atoms with Crippen molar-refractivity contribution in [3.05, 3.63) is 0 Å². The van der Waals surface area contributed by atoms with Crippen LogP contribution in [0.2, 0.25) is 0 Å². The third kappa shape index (κ3) is 2.96. The van der Waals surface area contributed by atoms with E-state index in [9.17, 15) is 0 Å². The van der Waals surface area contributed by atoms with Crippen LogP contribution in [0.15, 0.2) is 0 Å². The van der Waals surface area contributed by atoms with Crippen molar-refractivity contribution in [3.63, 3.8) is 0 Å². The molecule has 19 heavy (non-hydrogen) atoms. The quantitative estimate of drug-likeness (QED) is 0.795. The van der Waals surface area contributed by atoms with Gasteiger partial charge in [0.05, 0.1) is 11.0 Å². The summed E-state index contributed by atoms with van der Waals surface area (Å²) in [7, 11) is 0. The highest BCUT2D eigenvalue weighted by molar-refractivity contribution is 7.80. The molecule has 1 heterocycles. The zero-order valence-electron chi connectivity index (χ0n) is 12.1. The molecule has 4 atom stereocenters. The van der Waals surface area contributed by atoms with Crippen molar-refractivity contribution < 1.29 is 0 Å². The summed E-state index contributed by atoms with van der Waals surface area (Å²) < 4.78 is 0. The lowest BCUT2D eigenvalue weighted by atomic mass is 9.88. The lowest BCUT2D eigenvalue weighted by Gasteiger charge is -2.39. The Morgan fingerprint density at radius 2 is 1.95 bits per heavy atom. The molecule has 2 N–H and O–H groups in total. The minimum Gasteiger partial charge on any atom is -0.392 e. The van der Waals surface area contributed by atoms with Gasteiger partial charge in [-0.25, -0.2) is 0 Å². The zero-order valence-corrected chi connectivity index (χ0v) is 12.9.